The smallest absolute Gasteiger partial charge is 0.268 e. The lowest BCUT2D eigenvalue weighted by molar-refractivity contribution is -0.384. The molecule has 2 amide bonds. The third kappa shape index (κ3) is 5.07. The van der Waals surface area contributed by atoms with Gasteiger partial charge in [0.25, 0.3) is 17.5 Å². The number of fused-ring (bicyclic) bond motifs is 1. The molecule has 1 unspecified atom stereocenters. The molecule has 44 heavy (non-hydrogen) atoms. The van der Waals surface area contributed by atoms with Crippen LogP contribution in [0, 0.1) is 15.9 Å². The van der Waals surface area contributed by atoms with E-state index in [-0.39, 0.29) is 46.3 Å². The minimum atomic E-state index is -0.447. The molecule has 218 valence electrons. The number of nitrogens with zero attached hydrogens (tertiary/aromatic N) is 5. The van der Waals surface area contributed by atoms with Gasteiger partial charge in [0.05, 0.1) is 39.2 Å². The Morgan fingerprint density at radius 2 is 1.55 bits per heavy atom. The number of non-ortho nitro benzene ring substituents is 1. The van der Waals surface area contributed by atoms with Gasteiger partial charge >= 0.3 is 0 Å². The second-order valence-corrected chi connectivity index (χ2v) is 10.9. The molecule has 9 nitrogen and oxygen atoms in total. The number of nitro groups is 1. The van der Waals surface area contributed by atoms with E-state index in [4.69, 9.17) is 10.1 Å². The van der Waals surface area contributed by atoms with Gasteiger partial charge in [0.2, 0.25) is 5.13 Å². The zero-order chi connectivity index (χ0) is 29.7. The Bertz CT molecular complexity index is 1940. The van der Waals surface area contributed by atoms with Gasteiger partial charge in [-0.25, -0.2) is 19.3 Å². The highest BCUT2D eigenvalue weighted by Gasteiger charge is 2.36. The van der Waals surface area contributed by atoms with Crippen LogP contribution in [0.5, 0.6) is 0 Å². The first-order valence-corrected chi connectivity index (χ1v) is 14.2. The highest BCUT2D eigenvalue weighted by molar-refractivity contribution is 8.93. The number of benzene rings is 4. The van der Waals surface area contributed by atoms with E-state index >= 15 is 0 Å². The summed E-state index contributed by atoms with van der Waals surface area (Å²) in [5, 5.41) is 20.4. The van der Waals surface area contributed by atoms with Crippen molar-refractivity contribution < 1.29 is 18.9 Å². The van der Waals surface area contributed by atoms with Gasteiger partial charge in [-0.3, -0.25) is 19.7 Å². The molecule has 2 aliphatic heterocycles. The van der Waals surface area contributed by atoms with Crippen molar-refractivity contribution >= 4 is 62.4 Å². The van der Waals surface area contributed by atoms with Gasteiger partial charge in [-0.1, -0.05) is 48.5 Å². The number of hydrogen-bond donors (Lipinski definition) is 0. The third-order valence-corrected chi connectivity index (χ3v) is 8.27. The lowest BCUT2D eigenvalue weighted by Crippen LogP contribution is -2.29. The van der Waals surface area contributed by atoms with Crippen molar-refractivity contribution in [3.63, 3.8) is 0 Å². The van der Waals surface area contributed by atoms with Crippen molar-refractivity contribution in [3.8, 4) is 11.3 Å². The molecule has 0 spiro atoms. The van der Waals surface area contributed by atoms with Crippen molar-refractivity contribution in [2.75, 3.05) is 9.91 Å². The monoisotopic (exact) mass is 669 g/mol. The maximum Gasteiger partial charge on any atom is 0.270 e. The number of carbonyl (C=O) groups excluding carboxylic acids is 2. The zero-order valence-corrected chi connectivity index (χ0v) is 25.2. The van der Waals surface area contributed by atoms with Gasteiger partial charge in [-0.05, 0) is 42.0 Å². The minimum Gasteiger partial charge on any atom is -0.268 e. The van der Waals surface area contributed by atoms with Crippen LogP contribution in [0.1, 0.15) is 44.3 Å². The molecule has 7 rings (SSSR count). The van der Waals surface area contributed by atoms with Gasteiger partial charge in [0, 0.05) is 35.1 Å². The zero-order valence-electron chi connectivity index (χ0n) is 22.7. The van der Waals surface area contributed by atoms with E-state index in [9.17, 15) is 24.1 Å². The first-order valence-electron chi connectivity index (χ1n) is 13.3. The maximum atomic E-state index is 13.8. The normalized spacial score (nSPS) is 15.7. The van der Waals surface area contributed by atoms with E-state index in [1.54, 1.807) is 71.7 Å². The fourth-order valence-corrected chi connectivity index (χ4v) is 6.17. The number of carbonyl (C=O) groups is 2. The molecule has 5 aromatic rings. The number of hydrazone groups is 1. The summed E-state index contributed by atoms with van der Waals surface area (Å²) in [6, 6.07) is 26.0. The number of amides is 2. The number of nitro benzene ring substituents is 1. The molecule has 4 aromatic carbocycles. The summed E-state index contributed by atoms with van der Waals surface area (Å²) in [6.07, 6.45) is 0.428. The largest absolute Gasteiger partial charge is 0.270 e. The molecule has 1 aromatic heterocycles. The number of anilines is 2. The molecular weight excluding hydrogens is 649 g/mol. The van der Waals surface area contributed by atoms with Crippen molar-refractivity contribution in [3.05, 3.63) is 141 Å². The SMILES string of the molecule is Br.O=C1c2ccccc2C(=O)N1c1cccc(-c2csc(N3N=C(c4cccc([N+](=O)[O-])c4)CC3c3ccc(F)cc3)n2)c1. The lowest BCUT2D eigenvalue weighted by atomic mass is 9.98. The Labute approximate surface area is 264 Å². The Kier molecular flexibility index (Phi) is 7.62. The van der Waals surface area contributed by atoms with E-state index in [1.165, 1.54) is 40.5 Å². The van der Waals surface area contributed by atoms with Gasteiger partial charge in [0.15, 0.2) is 0 Å². The Morgan fingerprint density at radius 3 is 2.25 bits per heavy atom. The topological polar surface area (TPSA) is 109 Å². The van der Waals surface area contributed by atoms with Crippen LogP contribution in [0.15, 0.2) is 108 Å². The van der Waals surface area contributed by atoms with E-state index in [2.05, 4.69) is 0 Å². The van der Waals surface area contributed by atoms with Crippen LogP contribution in [-0.2, 0) is 0 Å². The van der Waals surface area contributed by atoms with Crippen LogP contribution < -0.4 is 9.91 Å². The molecule has 0 saturated carbocycles. The van der Waals surface area contributed by atoms with Crippen molar-refractivity contribution in [2.45, 2.75) is 12.5 Å². The van der Waals surface area contributed by atoms with E-state index in [0.717, 1.165) is 5.56 Å². The third-order valence-electron chi connectivity index (χ3n) is 7.44. The first-order chi connectivity index (χ1) is 20.9. The van der Waals surface area contributed by atoms with Gasteiger partial charge < -0.3 is 0 Å². The number of halogens is 2. The number of thiazole rings is 1. The fraction of sp³-hybridized carbons (Fsp3) is 0.0625. The van der Waals surface area contributed by atoms with Crippen LogP contribution in [0.2, 0.25) is 0 Å². The molecule has 2 aliphatic rings. The molecule has 1 atom stereocenters. The van der Waals surface area contributed by atoms with Crippen LogP contribution >= 0.6 is 28.3 Å². The second-order valence-electron chi connectivity index (χ2n) is 10.0. The second kappa shape index (κ2) is 11.5. The Balaban J connectivity index is 0.00000343. The van der Waals surface area contributed by atoms with Gasteiger partial charge in [-0.2, -0.15) is 5.10 Å². The predicted octanol–water partition coefficient (Wildman–Crippen LogP) is 7.59. The summed E-state index contributed by atoms with van der Waals surface area (Å²) < 4.78 is 13.8. The minimum absolute atomic E-state index is 0. The predicted molar refractivity (Wildman–Crippen MR) is 171 cm³/mol. The van der Waals surface area contributed by atoms with E-state index < -0.39 is 4.92 Å². The average molecular weight is 671 g/mol. The molecule has 0 radical (unpaired) electrons. The summed E-state index contributed by atoms with van der Waals surface area (Å²) in [7, 11) is 0. The van der Waals surface area contributed by atoms with Crippen LogP contribution in [0.4, 0.5) is 20.9 Å². The molecule has 12 heteroatoms. The number of imide groups is 1. The lowest BCUT2D eigenvalue weighted by Gasteiger charge is -2.21. The van der Waals surface area contributed by atoms with E-state index in [1.807, 2.05) is 11.4 Å². The molecule has 0 fully saturated rings. The summed E-state index contributed by atoms with van der Waals surface area (Å²) in [5.74, 6) is -1.11. The number of hydrogen-bond acceptors (Lipinski definition) is 8. The van der Waals surface area contributed by atoms with Crippen LogP contribution in [0.25, 0.3) is 11.3 Å². The van der Waals surface area contributed by atoms with Crippen molar-refractivity contribution in [1.29, 1.82) is 0 Å². The highest BCUT2D eigenvalue weighted by atomic mass is 79.9. The molecule has 0 aliphatic carbocycles. The van der Waals surface area contributed by atoms with E-state index in [0.29, 0.717) is 50.9 Å². The summed E-state index contributed by atoms with van der Waals surface area (Å²) >= 11 is 1.36. The van der Waals surface area contributed by atoms with Crippen LogP contribution in [-0.4, -0.2) is 27.4 Å². The van der Waals surface area contributed by atoms with Crippen LogP contribution in [0.3, 0.4) is 0 Å². The molecular formula is C32H21BrFN5O4S. The van der Waals surface area contributed by atoms with Crippen molar-refractivity contribution in [1.82, 2.24) is 4.98 Å². The van der Waals surface area contributed by atoms with Crippen molar-refractivity contribution in [2.24, 2.45) is 5.10 Å². The highest BCUT2D eigenvalue weighted by Crippen LogP contribution is 2.40. The average Bonchev–Trinajstić information content (AvgIpc) is 3.75. The number of aromatic nitrogens is 1. The first kappa shape index (κ1) is 29.0. The Morgan fingerprint density at radius 1 is 0.864 bits per heavy atom. The summed E-state index contributed by atoms with van der Waals surface area (Å²) in [4.78, 5) is 43.0. The number of rotatable bonds is 6. The molecule has 0 bridgehead atoms. The maximum absolute atomic E-state index is 13.8. The Hall–Kier alpha value is -5.07. The summed E-state index contributed by atoms with van der Waals surface area (Å²) in [5.41, 5.74) is 4.54. The fourth-order valence-electron chi connectivity index (χ4n) is 5.33. The molecule has 0 saturated heterocycles. The quantitative estimate of drug-likeness (QED) is 0.105. The van der Waals surface area contributed by atoms with Gasteiger partial charge in [-0.15, -0.1) is 28.3 Å². The molecule has 3 heterocycles. The summed E-state index contributed by atoms with van der Waals surface area (Å²) in [6.45, 7) is 0. The van der Waals surface area contributed by atoms with Gasteiger partial charge in [0.1, 0.15) is 5.82 Å². The molecule has 0 N–H and O–H groups in total. The standard InChI is InChI=1S/C32H20FN5O4S.BrH/c33-22-13-11-19(12-14-22)29-17-27(20-5-4-8-24(16-20)38(41)42)35-37(29)32-34-28(18-43-32)21-6-3-7-23(15-21)36-30(39)25-9-1-2-10-26(25)31(36)40;/h1-16,18,29H,17H2;1H.